The zero-order valence-electron chi connectivity index (χ0n) is 7.17. The molecule has 64 valence electrons. The van der Waals surface area contributed by atoms with Crippen LogP contribution in [0.25, 0.3) is 6.08 Å². The molecule has 1 aromatic carbocycles. The predicted molar refractivity (Wildman–Crippen MR) is 55.7 cm³/mol. The fourth-order valence-corrected chi connectivity index (χ4v) is 1.31. The Labute approximate surface area is 81.2 Å². The van der Waals surface area contributed by atoms with E-state index >= 15 is 0 Å². The first-order chi connectivity index (χ1) is 5.77. The quantitative estimate of drug-likeness (QED) is 0.752. The number of ether oxygens (including phenoxy) is 1. The van der Waals surface area contributed by atoms with Crippen LogP contribution in [0.15, 0.2) is 23.2 Å². The molecule has 0 spiro atoms. The van der Waals surface area contributed by atoms with Crippen molar-refractivity contribution in [3.63, 3.8) is 0 Å². The van der Waals surface area contributed by atoms with E-state index in [4.69, 9.17) is 4.74 Å². The molecule has 0 radical (unpaired) electrons. The molecule has 0 N–H and O–H groups in total. The van der Waals surface area contributed by atoms with E-state index in [2.05, 4.69) is 22.9 Å². The number of rotatable bonds is 2. The molecule has 0 aliphatic carbocycles. The molecular formula is C10H11BrO. The van der Waals surface area contributed by atoms with Crippen LogP contribution in [0, 0.1) is 6.92 Å². The normalized spacial score (nSPS) is 10.6. The Morgan fingerprint density at radius 1 is 1.42 bits per heavy atom. The summed E-state index contributed by atoms with van der Waals surface area (Å²) in [7, 11) is 1.68. The Morgan fingerprint density at radius 2 is 2.17 bits per heavy atom. The van der Waals surface area contributed by atoms with Crippen molar-refractivity contribution in [1.82, 2.24) is 0 Å². The maximum atomic E-state index is 5.09. The Hall–Kier alpha value is -0.760. The molecular weight excluding hydrogens is 216 g/mol. The Kier molecular flexibility index (Phi) is 3.35. The first-order valence-electron chi connectivity index (χ1n) is 3.69. The van der Waals surface area contributed by atoms with Gasteiger partial charge in [-0.15, -0.1) is 0 Å². The van der Waals surface area contributed by atoms with E-state index in [0.717, 1.165) is 5.75 Å². The molecule has 0 bridgehead atoms. The topological polar surface area (TPSA) is 9.23 Å². The highest BCUT2D eigenvalue weighted by molar-refractivity contribution is 9.11. The standard InChI is InChI=1S/C10H11BrO/c1-8-7-10(12-2)4-3-9(8)5-6-11/h3-7H,1-2H3. The second-order valence-electron chi connectivity index (χ2n) is 2.52. The van der Waals surface area contributed by atoms with Gasteiger partial charge in [0.2, 0.25) is 0 Å². The highest BCUT2D eigenvalue weighted by atomic mass is 79.9. The van der Waals surface area contributed by atoms with Gasteiger partial charge in [-0.2, -0.15) is 0 Å². The van der Waals surface area contributed by atoms with Gasteiger partial charge in [-0.25, -0.2) is 0 Å². The number of hydrogen-bond donors (Lipinski definition) is 0. The monoisotopic (exact) mass is 226 g/mol. The summed E-state index contributed by atoms with van der Waals surface area (Å²) in [6, 6.07) is 6.00. The van der Waals surface area contributed by atoms with Crippen LogP contribution in [0.5, 0.6) is 5.75 Å². The molecule has 1 aromatic rings. The molecule has 0 saturated heterocycles. The Bertz CT molecular complexity index is 292. The zero-order chi connectivity index (χ0) is 8.97. The number of aryl methyl sites for hydroxylation is 1. The molecule has 1 rings (SSSR count). The van der Waals surface area contributed by atoms with Crippen LogP contribution in [-0.2, 0) is 0 Å². The number of hydrogen-bond acceptors (Lipinski definition) is 1. The molecule has 2 heteroatoms. The summed E-state index contributed by atoms with van der Waals surface area (Å²) in [5.41, 5.74) is 2.41. The molecule has 1 nitrogen and oxygen atoms in total. The molecule has 0 heterocycles. The van der Waals surface area contributed by atoms with Crippen LogP contribution in [-0.4, -0.2) is 7.11 Å². The summed E-state index contributed by atoms with van der Waals surface area (Å²) >= 11 is 3.24. The lowest BCUT2D eigenvalue weighted by Gasteiger charge is -2.03. The van der Waals surface area contributed by atoms with Gasteiger partial charge in [0.25, 0.3) is 0 Å². The van der Waals surface area contributed by atoms with Crippen molar-refractivity contribution < 1.29 is 4.74 Å². The summed E-state index contributed by atoms with van der Waals surface area (Å²) in [5.74, 6) is 0.902. The van der Waals surface area contributed by atoms with E-state index in [-0.39, 0.29) is 0 Å². The van der Waals surface area contributed by atoms with E-state index in [0.29, 0.717) is 0 Å². The summed E-state index contributed by atoms with van der Waals surface area (Å²) in [6.45, 7) is 2.06. The summed E-state index contributed by atoms with van der Waals surface area (Å²) < 4.78 is 5.09. The van der Waals surface area contributed by atoms with Gasteiger partial charge in [0, 0.05) is 0 Å². The molecule has 0 unspecified atom stereocenters. The average molecular weight is 227 g/mol. The van der Waals surface area contributed by atoms with Crippen LogP contribution in [0.1, 0.15) is 11.1 Å². The fourth-order valence-electron chi connectivity index (χ4n) is 1.03. The minimum atomic E-state index is 0.902. The maximum Gasteiger partial charge on any atom is 0.119 e. The first kappa shape index (κ1) is 9.33. The minimum absolute atomic E-state index is 0.902. The Morgan fingerprint density at radius 3 is 2.67 bits per heavy atom. The van der Waals surface area contributed by atoms with Gasteiger partial charge in [-0.05, 0) is 41.2 Å². The SMILES string of the molecule is COc1ccc(C=CBr)c(C)c1. The van der Waals surface area contributed by atoms with Crippen LogP contribution >= 0.6 is 15.9 Å². The lowest BCUT2D eigenvalue weighted by Crippen LogP contribution is -1.85. The molecule has 0 saturated carbocycles. The average Bonchev–Trinajstić information content (AvgIpc) is 2.09. The molecule has 0 aliphatic rings. The third-order valence-corrected chi connectivity index (χ3v) is 1.98. The van der Waals surface area contributed by atoms with Crippen molar-refractivity contribution >= 4 is 22.0 Å². The van der Waals surface area contributed by atoms with Gasteiger partial charge in [-0.3, -0.25) is 0 Å². The summed E-state index contributed by atoms with van der Waals surface area (Å²) in [4.78, 5) is 1.85. The zero-order valence-corrected chi connectivity index (χ0v) is 8.76. The van der Waals surface area contributed by atoms with Crippen molar-refractivity contribution in [3.8, 4) is 5.75 Å². The van der Waals surface area contributed by atoms with E-state index in [9.17, 15) is 0 Å². The van der Waals surface area contributed by atoms with Gasteiger partial charge in [0.1, 0.15) is 5.75 Å². The first-order valence-corrected chi connectivity index (χ1v) is 4.61. The minimum Gasteiger partial charge on any atom is -0.497 e. The van der Waals surface area contributed by atoms with Crippen molar-refractivity contribution in [2.75, 3.05) is 7.11 Å². The number of methoxy groups -OCH3 is 1. The summed E-state index contributed by atoms with van der Waals surface area (Å²) in [5, 5.41) is 0. The molecule has 0 atom stereocenters. The van der Waals surface area contributed by atoms with Gasteiger partial charge < -0.3 is 4.74 Å². The van der Waals surface area contributed by atoms with Gasteiger partial charge in [-0.1, -0.05) is 22.0 Å². The van der Waals surface area contributed by atoms with Gasteiger partial charge >= 0.3 is 0 Å². The lowest BCUT2D eigenvalue weighted by molar-refractivity contribution is 0.414. The van der Waals surface area contributed by atoms with E-state index in [1.54, 1.807) is 7.11 Å². The highest BCUT2D eigenvalue weighted by Gasteiger charge is 1.95. The largest absolute Gasteiger partial charge is 0.497 e. The van der Waals surface area contributed by atoms with E-state index < -0.39 is 0 Å². The number of benzene rings is 1. The van der Waals surface area contributed by atoms with Gasteiger partial charge in [0.15, 0.2) is 0 Å². The third kappa shape index (κ3) is 2.11. The molecule has 0 fully saturated rings. The lowest BCUT2D eigenvalue weighted by atomic mass is 10.1. The molecule has 12 heavy (non-hydrogen) atoms. The van der Waals surface area contributed by atoms with E-state index in [1.165, 1.54) is 11.1 Å². The summed E-state index contributed by atoms with van der Waals surface area (Å²) in [6.07, 6.45) is 2.01. The molecule has 0 amide bonds. The highest BCUT2D eigenvalue weighted by Crippen LogP contribution is 2.18. The number of halogens is 1. The predicted octanol–water partition coefficient (Wildman–Crippen LogP) is 3.37. The second-order valence-corrected chi connectivity index (χ2v) is 3.04. The second kappa shape index (κ2) is 4.31. The van der Waals surface area contributed by atoms with Gasteiger partial charge in [0.05, 0.1) is 7.11 Å². The maximum absolute atomic E-state index is 5.09. The van der Waals surface area contributed by atoms with Crippen LogP contribution < -0.4 is 4.74 Å². The van der Waals surface area contributed by atoms with Crippen molar-refractivity contribution in [2.24, 2.45) is 0 Å². The Balaban J connectivity index is 3.03. The fraction of sp³-hybridized carbons (Fsp3) is 0.200. The van der Waals surface area contributed by atoms with Crippen LogP contribution in [0.2, 0.25) is 0 Å². The van der Waals surface area contributed by atoms with Crippen molar-refractivity contribution in [2.45, 2.75) is 6.92 Å². The smallest absolute Gasteiger partial charge is 0.119 e. The molecule has 0 aliphatic heterocycles. The van der Waals surface area contributed by atoms with Crippen molar-refractivity contribution in [3.05, 3.63) is 34.3 Å². The van der Waals surface area contributed by atoms with Crippen LogP contribution in [0.3, 0.4) is 0 Å². The molecule has 0 aromatic heterocycles. The van der Waals surface area contributed by atoms with Crippen LogP contribution in [0.4, 0.5) is 0 Å². The third-order valence-electron chi connectivity index (χ3n) is 1.72. The van der Waals surface area contributed by atoms with E-state index in [1.807, 2.05) is 29.3 Å². The van der Waals surface area contributed by atoms with Crippen molar-refractivity contribution in [1.29, 1.82) is 0 Å².